The second kappa shape index (κ2) is 5.33. The molecule has 1 heterocycles. The van der Waals surface area contributed by atoms with Gasteiger partial charge in [-0.25, -0.2) is 9.78 Å². The molecule has 0 aliphatic carbocycles. The molecule has 20 heavy (non-hydrogen) atoms. The van der Waals surface area contributed by atoms with E-state index in [4.69, 9.17) is 4.42 Å². The Hall–Kier alpha value is -1.14. The lowest BCUT2D eigenvalue weighted by Gasteiger charge is -2.14. The quantitative estimate of drug-likeness (QED) is 0.778. The maximum Gasteiger partial charge on any atom is 0.373 e. The first-order valence-electron chi connectivity index (χ1n) is 5.90. The van der Waals surface area contributed by atoms with Crippen molar-refractivity contribution in [2.45, 2.75) is 26.2 Å². The summed E-state index contributed by atoms with van der Waals surface area (Å²) in [6, 6.07) is 5.52. The van der Waals surface area contributed by atoms with E-state index in [0.29, 0.717) is 17.1 Å². The highest BCUT2D eigenvalue weighted by molar-refractivity contribution is 9.11. The zero-order valence-electron chi connectivity index (χ0n) is 11.2. The Morgan fingerprint density at radius 2 is 1.95 bits per heavy atom. The number of halogens is 2. The zero-order chi connectivity index (χ0) is 15.1. The number of aromatic nitrogens is 1. The van der Waals surface area contributed by atoms with E-state index in [-0.39, 0.29) is 5.76 Å². The number of benzene rings is 1. The minimum Gasteiger partial charge on any atom is -0.475 e. The summed E-state index contributed by atoms with van der Waals surface area (Å²) in [5.74, 6) is -0.920. The van der Waals surface area contributed by atoms with Crippen molar-refractivity contribution in [2.75, 3.05) is 0 Å². The molecular weight excluding hydrogens is 390 g/mol. The predicted molar refractivity (Wildman–Crippen MR) is 83.0 cm³/mol. The molecule has 0 saturated carbocycles. The summed E-state index contributed by atoms with van der Waals surface area (Å²) in [4.78, 5) is 15.7. The van der Waals surface area contributed by atoms with E-state index in [9.17, 15) is 9.90 Å². The molecule has 2 rings (SSSR count). The summed E-state index contributed by atoms with van der Waals surface area (Å²) in [7, 11) is 0. The predicted octanol–water partition coefficient (Wildman–Crippen LogP) is 4.86. The molecular formula is C14H13Br2NO3. The van der Waals surface area contributed by atoms with Crippen molar-refractivity contribution in [2.24, 2.45) is 0 Å². The van der Waals surface area contributed by atoms with Crippen LogP contribution in [0.3, 0.4) is 0 Å². The smallest absolute Gasteiger partial charge is 0.373 e. The third kappa shape index (κ3) is 2.96. The molecule has 0 spiro atoms. The Morgan fingerprint density at radius 1 is 1.30 bits per heavy atom. The summed E-state index contributed by atoms with van der Waals surface area (Å²) in [6.07, 6.45) is 0. The Bertz CT molecular complexity index is 672. The first-order chi connectivity index (χ1) is 9.20. The third-order valence-electron chi connectivity index (χ3n) is 2.69. The van der Waals surface area contributed by atoms with Crippen LogP contribution in [0.5, 0.6) is 0 Å². The lowest BCUT2D eigenvalue weighted by Crippen LogP contribution is -2.16. The van der Waals surface area contributed by atoms with Crippen LogP contribution >= 0.6 is 31.9 Å². The maximum atomic E-state index is 11.3. The van der Waals surface area contributed by atoms with Crippen LogP contribution in [0.4, 0.5) is 0 Å². The number of carboxylic acids is 1. The molecule has 0 unspecified atom stereocenters. The van der Waals surface area contributed by atoms with Gasteiger partial charge in [0.05, 0.1) is 5.56 Å². The molecule has 0 atom stereocenters. The first-order valence-corrected chi connectivity index (χ1v) is 7.49. The van der Waals surface area contributed by atoms with Crippen LogP contribution in [0, 0.1) is 0 Å². The van der Waals surface area contributed by atoms with E-state index in [1.54, 1.807) is 0 Å². The fourth-order valence-electron chi connectivity index (χ4n) is 1.75. The highest BCUT2D eigenvalue weighted by Gasteiger charge is 2.29. The second-order valence-electron chi connectivity index (χ2n) is 5.38. The van der Waals surface area contributed by atoms with E-state index >= 15 is 0 Å². The van der Waals surface area contributed by atoms with E-state index in [1.807, 2.05) is 39.0 Å². The minimum atomic E-state index is -1.11. The Labute approximate surface area is 133 Å². The molecule has 0 saturated heterocycles. The van der Waals surface area contributed by atoms with E-state index in [0.717, 1.165) is 8.95 Å². The fraction of sp³-hybridized carbons (Fsp3) is 0.286. The molecule has 2 aromatic rings. The van der Waals surface area contributed by atoms with Gasteiger partial charge in [0, 0.05) is 14.4 Å². The topological polar surface area (TPSA) is 63.3 Å². The van der Waals surface area contributed by atoms with Gasteiger partial charge < -0.3 is 9.52 Å². The van der Waals surface area contributed by atoms with Gasteiger partial charge in [-0.1, -0.05) is 36.7 Å². The fourth-order valence-corrected chi connectivity index (χ4v) is 2.97. The molecule has 1 aromatic heterocycles. The summed E-state index contributed by atoms with van der Waals surface area (Å²) >= 11 is 6.80. The number of aromatic carboxylic acids is 1. The van der Waals surface area contributed by atoms with E-state index in [2.05, 4.69) is 36.8 Å². The van der Waals surface area contributed by atoms with Crippen molar-refractivity contribution < 1.29 is 14.3 Å². The molecule has 106 valence electrons. The SMILES string of the molecule is CC(C)(C)c1nc(-c2ccc(Br)cc2Br)oc1C(=O)O. The van der Waals surface area contributed by atoms with Crippen molar-refractivity contribution in [1.82, 2.24) is 4.98 Å². The molecule has 0 radical (unpaired) electrons. The van der Waals surface area contributed by atoms with Crippen molar-refractivity contribution in [3.05, 3.63) is 38.6 Å². The van der Waals surface area contributed by atoms with Crippen molar-refractivity contribution in [3.63, 3.8) is 0 Å². The van der Waals surface area contributed by atoms with E-state index < -0.39 is 11.4 Å². The number of rotatable bonds is 2. The molecule has 4 nitrogen and oxygen atoms in total. The monoisotopic (exact) mass is 401 g/mol. The van der Waals surface area contributed by atoms with Crippen molar-refractivity contribution >= 4 is 37.8 Å². The second-order valence-corrected chi connectivity index (χ2v) is 7.15. The summed E-state index contributed by atoms with van der Waals surface area (Å²) in [6.45, 7) is 5.70. The number of carbonyl (C=O) groups is 1. The van der Waals surface area contributed by atoms with Crippen LogP contribution in [0.2, 0.25) is 0 Å². The summed E-state index contributed by atoms with van der Waals surface area (Å²) in [5.41, 5.74) is 0.748. The molecule has 0 bridgehead atoms. The van der Waals surface area contributed by atoms with Gasteiger partial charge in [0.1, 0.15) is 5.69 Å². The standard InChI is InChI=1S/C14H13Br2NO3/c1-14(2,3)11-10(13(18)19)20-12(17-11)8-5-4-7(15)6-9(8)16/h4-6H,1-3H3,(H,18,19). The van der Waals surface area contributed by atoms with Crippen molar-refractivity contribution in [1.29, 1.82) is 0 Å². The molecule has 1 N–H and O–H groups in total. The van der Waals surface area contributed by atoms with Gasteiger partial charge in [0.25, 0.3) is 0 Å². The maximum absolute atomic E-state index is 11.3. The number of hydrogen-bond acceptors (Lipinski definition) is 3. The number of hydrogen-bond donors (Lipinski definition) is 1. The summed E-state index contributed by atoms with van der Waals surface area (Å²) in [5, 5.41) is 9.25. The highest BCUT2D eigenvalue weighted by Crippen LogP contribution is 2.34. The van der Waals surface area contributed by atoms with Gasteiger partial charge in [-0.3, -0.25) is 0 Å². The number of carboxylic acid groups (broad SMARTS) is 1. The minimum absolute atomic E-state index is 0.109. The lowest BCUT2D eigenvalue weighted by molar-refractivity contribution is 0.0659. The van der Waals surface area contributed by atoms with E-state index in [1.165, 1.54) is 0 Å². The Kier molecular flexibility index (Phi) is 4.07. The summed E-state index contributed by atoms with van der Waals surface area (Å²) < 4.78 is 7.15. The molecule has 6 heteroatoms. The van der Waals surface area contributed by atoms with Gasteiger partial charge in [0.15, 0.2) is 0 Å². The normalized spacial score (nSPS) is 11.7. The van der Waals surface area contributed by atoms with Crippen LogP contribution in [0.15, 0.2) is 31.6 Å². The molecule has 0 aliphatic rings. The Morgan fingerprint density at radius 3 is 2.40 bits per heavy atom. The molecule has 0 amide bonds. The number of oxazole rings is 1. The Balaban J connectivity index is 2.62. The molecule has 0 fully saturated rings. The van der Waals surface area contributed by atoms with Crippen molar-refractivity contribution in [3.8, 4) is 11.5 Å². The van der Waals surface area contributed by atoms with Crippen LogP contribution in [0.1, 0.15) is 37.0 Å². The van der Waals surface area contributed by atoms with Crippen LogP contribution < -0.4 is 0 Å². The lowest BCUT2D eigenvalue weighted by atomic mass is 9.91. The highest BCUT2D eigenvalue weighted by atomic mass is 79.9. The van der Waals surface area contributed by atoms with Gasteiger partial charge >= 0.3 is 5.97 Å². The average Bonchev–Trinajstić information content (AvgIpc) is 2.73. The number of nitrogens with zero attached hydrogens (tertiary/aromatic N) is 1. The first kappa shape index (κ1) is 15.3. The zero-order valence-corrected chi connectivity index (χ0v) is 14.4. The molecule has 0 aliphatic heterocycles. The molecule has 1 aromatic carbocycles. The van der Waals surface area contributed by atoms with Crippen LogP contribution in [-0.2, 0) is 5.41 Å². The van der Waals surface area contributed by atoms with Gasteiger partial charge in [-0.05, 0) is 34.1 Å². The van der Waals surface area contributed by atoms with Gasteiger partial charge in [0.2, 0.25) is 11.7 Å². The average molecular weight is 403 g/mol. The third-order valence-corrected chi connectivity index (χ3v) is 3.84. The van der Waals surface area contributed by atoms with Gasteiger partial charge in [-0.2, -0.15) is 0 Å². The van der Waals surface area contributed by atoms with Gasteiger partial charge in [-0.15, -0.1) is 0 Å². The van der Waals surface area contributed by atoms with Crippen LogP contribution in [-0.4, -0.2) is 16.1 Å². The van der Waals surface area contributed by atoms with Crippen LogP contribution in [0.25, 0.3) is 11.5 Å². The largest absolute Gasteiger partial charge is 0.475 e.